The number of hydrogen-bond acceptors (Lipinski definition) is 4. The molecule has 0 fully saturated rings. The summed E-state index contributed by atoms with van der Waals surface area (Å²) in [7, 11) is 3.40. The smallest absolute Gasteiger partial charge is 0.323 e. The third kappa shape index (κ3) is 1.78. The number of carbonyl (C=O) groups is 1. The Morgan fingerprint density at radius 3 is 2.64 bits per heavy atom. The Morgan fingerprint density at radius 2 is 2.29 bits per heavy atom. The Balaban J connectivity index is 2.99. The number of nitrogens with two attached hydrogens (primary N) is 1. The van der Waals surface area contributed by atoms with E-state index < -0.39 is 5.97 Å². The predicted molar refractivity (Wildman–Crippen MR) is 53.3 cm³/mol. The summed E-state index contributed by atoms with van der Waals surface area (Å²) in [6.07, 6.45) is 0. The van der Waals surface area contributed by atoms with Gasteiger partial charge in [-0.2, -0.15) is 5.10 Å². The molecule has 0 spiro atoms. The molecule has 1 aromatic rings. The van der Waals surface area contributed by atoms with Gasteiger partial charge in [0.25, 0.3) is 0 Å². The van der Waals surface area contributed by atoms with Crippen molar-refractivity contribution < 1.29 is 9.90 Å². The van der Waals surface area contributed by atoms with E-state index in [2.05, 4.69) is 5.10 Å². The number of aryl methyl sites for hydroxylation is 2. The zero-order valence-corrected chi connectivity index (χ0v) is 8.48. The lowest BCUT2D eigenvalue weighted by atomic mass is 10.3. The first-order chi connectivity index (χ1) is 6.43. The number of aliphatic carboxylic acids is 1. The fourth-order valence-electron chi connectivity index (χ4n) is 1.39. The van der Waals surface area contributed by atoms with Crippen LogP contribution >= 0.6 is 0 Å². The van der Waals surface area contributed by atoms with Crippen LogP contribution in [-0.2, 0) is 11.8 Å². The van der Waals surface area contributed by atoms with Gasteiger partial charge in [0.1, 0.15) is 6.54 Å². The van der Waals surface area contributed by atoms with E-state index in [4.69, 9.17) is 10.8 Å². The van der Waals surface area contributed by atoms with E-state index in [1.165, 1.54) is 0 Å². The molecule has 0 aromatic carbocycles. The van der Waals surface area contributed by atoms with Crippen LogP contribution < -0.4 is 10.6 Å². The maximum atomic E-state index is 10.5. The first kappa shape index (κ1) is 10.4. The monoisotopic (exact) mass is 198 g/mol. The van der Waals surface area contributed by atoms with Gasteiger partial charge in [-0.3, -0.25) is 9.48 Å². The molecule has 0 atom stereocenters. The van der Waals surface area contributed by atoms with Crippen molar-refractivity contribution >= 4 is 17.5 Å². The average molecular weight is 198 g/mol. The summed E-state index contributed by atoms with van der Waals surface area (Å²) in [4.78, 5) is 12.1. The van der Waals surface area contributed by atoms with Gasteiger partial charge in [0.2, 0.25) is 0 Å². The molecule has 0 amide bonds. The fraction of sp³-hybridized carbons (Fsp3) is 0.500. The zero-order chi connectivity index (χ0) is 10.9. The van der Waals surface area contributed by atoms with Crippen LogP contribution in [-0.4, -0.2) is 34.4 Å². The highest BCUT2D eigenvalue weighted by molar-refractivity contribution is 5.76. The Hall–Kier alpha value is -1.72. The fourth-order valence-corrected chi connectivity index (χ4v) is 1.39. The third-order valence-electron chi connectivity index (χ3n) is 1.97. The first-order valence-corrected chi connectivity index (χ1v) is 4.15. The molecule has 0 radical (unpaired) electrons. The Labute approximate surface area is 81.9 Å². The maximum Gasteiger partial charge on any atom is 0.323 e. The van der Waals surface area contributed by atoms with Gasteiger partial charge in [0, 0.05) is 14.1 Å². The summed E-state index contributed by atoms with van der Waals surface area (Å²) in [5.41, 5.74) is 6.99. The van der Waals surface area contributed by atoms with E-state index in [9.17, 15) is 4.79 Å². The van der Waals surface area contributed by atoms with Gasteiger partial charge in [-0.05, 0) is 6.92 Å². The van der Waals surface area contributed by atoms with Crippen molar-refractivity contribution in [1.29, 1.82) is 0 Å². The molecule has 0 aliphatic heterocycles. The second-order valence-electron chi connectivity index (χ2n) is 3.20. The molecule has 0 saturated heterocycles. The van der Waals surface area contributed by atoms with Crippen molar-refractivity contribution in [3.63, 3.8) is 0 Å². The van der Waals surface area contributed by atoms with Gasteiger partial charge in [-0.1, -0.05) is 0 Å². The molecule has 0 saturated carbocycles. The number of carboxylic acids is 1. The van der Waals surface area contributed by atoms with Crippen LogP contribution in [0.5, 0.6) is 0 Å². The second-order valence-corrected chi connectivity index (χ2v) is 3.20. The molecular weight excluding hydrogens is 184 g/mol. The standard InChI is InChI=1S/C8H14N4O2/c1-5-7(9)8(12(3)10-5)11(2)4-6(13)14/h4,9H2,1-3H3,(H,13,14). The Kier molecular flexibility index (Phi) is 2.64. The van der Waals surface area contributed by atoms with E-state index in [0.717, 1.165) is 0 Å². The van der Waals surface area contributed by atoms with E-state index in [1.807, 2.05) is 0 Å². The van der Waals surface area contributed by atoms with Crippen LogP contribution in [0, 0.1) is 6.92 Å². The topological polar surface area (TPSA) is 84.4 Å². The molecule has 0 aliphatic carbocycles. The van der Waals surface area contributed by atoms with E-state index in [1.54, 1.807) is 30.6 Å². The molecule has 0 aliphatic rings. The number of likely N-dealkylation sites (N-methyl/N-ethyl adjacent to an activating group) is 1. The van der Waals surface area contributed by atoms with Crippen molar-refractivity contribution in [3.05, 3.63) is 5.69 Å². The summed E-state index contributed by atoms with van der Waals surface area (Å²) in [6.45, 7) is 1.69. The molecule has 6 nitrogen and oxygen atoms in total. The molecule has 0 unspecified atom stereocenters. The van der Waals surface area contributed by atoms with Crippen LogP contribution in [0.4, 0.5) is 11.5 Å². The summed E-state index contributed by atoms with van der Waals surface area (Å²) in [6, 6.07) is 0. The van der Waals surface area contributed by atoms with Gasteiger partial charge < -0.3 is 15.7 Å². The third-order valence-corrected chi connectivity index (χ3v) is 1.97. The van der Waals surface area contributed by atoms with Crippen molar-refractivity contribution in [2.24, 2.45) is 7.05 Å². The second kappa shape index (κ2) is 3.57. The van der Waals surface area contributed by atoms with Gasteiger partial charge in [-0.25, -0.2) is 0 Å². The molecule has 3 N–H and O–H groups in total. The van der Waals surface area contributed by atoms with Crippen LogP contribution in [0.15, 0.2) is 0 Å². The molecule has 1 aromatic heterocycles. The zero-order valence-electron chi connectivity index (χ0n) is 8.48. The van der Waals surface area contributed by atoms with Crippen LogP contribution in [0.2, 0.25) is 0 Å². The quantitative estimate of drug-likeness (QED) is 0.704. The van der Waals surface area contributed by atoms with Crippen molar-refractivity contribution in [2.75, 3.05) is 24.2 Å². The lowest BCUT2D eigenvalue weighted by molar-refractivity contribution is -0.135. The van der Waals surface area contributed by atoms with Gasteiger partial charge in [0.15, 0.2) is 5.82 Å². The first-order valence-electron chi connectivity index (χ1n) is 4.15. The number of nitrogens with zero attached hydrogens (tertiary/aromatic N) is 3. The van der Waals surface area contributed by atoms with E-state index >= 15 is 0 Å². The summed E-state index contributed by atoms with van der Waals surface area (Å²) in [5.74, 6) is -0.268. The molecule has 1 rings (SSSR count). The summed E-state index contributed by atoms with van der Waals surface area (Å²) in [5, 5.41) is 12.7. The number of aromatic nitrogens is 2. The predicted octanol–water partition coefficient (Wildman–Crippen LogP) is -0.168. The lowest BCUT2D eigenvalue weighted by Crippen LogP contribution is -2.27. The van der Waals surface area contributed by atoms with Crippen molar-refractivity contribution in [1.82, 2.24) is 9.78 Å². The number of carboxylic acid groups (broad SMARTS) is 1. The molecule has 1 heterocycles. The molecular formula is C8H14N4O2. The number of anilines is 2. The van der Waals surface area contributed by atoms with Crippen LogP contribution in [0.1, 0.15) is 5.69 Å². The van der Waals surface area contributed by atoms with Crippen molar-refractivity contribution in [2.45, 2.75) is 6.92 Å². The molecule has 78 valence electrons. The number of hydrogen-bond donors (Lipinski definition) is 2. The van der Waals surface area contributed by atoms with Crippen LogP contribution in [0.25, 0.3) is 0 Å². The Bertz CT molecular complexity index is 358. The SMILES string of the molecule is Cc1nn(C)c(N(C)CC(=O)O)c1N. The normalized spacial score (nSPS) is 10.2. The summed E-state index contributed by atoms with van der Waals surface area (Å²) < 4.78 is 1.58. The largest absolute Gasteiger partial charge is 0.480 e. The highest BCUT2D eigenvalue weighted by Crippen LogP contribution is 2.23. The maximum absolute atomic E-state index is 10.5. The molecule has 14 heavy (non-hydrogen) atoms. The number of rotatable bonds is 3. The number of nitrogen functional groups attached to an aromatic ring is 1. The minimum absolute atomic E-state index is 0.0941. The molecule has 6 heteroatoms. The van der Waals surface area contributed by atoms with Crippen LogP contribution in [0.3, 0.4) is 0 Å². The Morgan fingerprint density at radius 1 is 1.71 bits per heavy atom. The highest BCUT2D eigenvalue weighted by Gasteiger charge is 2.15. The minimum Gasteiger partial charge on any atom is -0.480 e. The highest BCUT2D eigenvalue weighted by atomic mass is 16.4. The average Bonchev–Trinajstić information content (AvgIpc) is 2.25. The van der Waals surface area contributed by atoms with Gasteiger partial charge >= 0.3 is 5.97 Å². The minimum atomic E-state index is -0.897. The summed E-state index contributed by atoms with van der Waals surface area (Å²) >= 11 is 0. The lowest BCUT2D eigenvalue weighted by Gasteiger charge is -2.17. The molecule has 0 bridgehead atoms. The van der Waals surface area contributed by atoms with Gasteiger partial charge in [0.05, 0.1) is 11.4 Å². The van der Waals surface area contributed by atoms with Gasteiger partial charge in [-0.15, -0.1) is 0 Å². The van der Waals surface area contributed by atoms with Crippen molar-refractivity contribution in [3.8, 4) is 0 Å². The van der Waals surface area contributed by atoms with E-state index in [0.29, 0.717) is 17.2 Å². The van der Waals surface area contributed by atoms with E-state index in [-0.39, 0.29) is 6.54 Å².